The van der Waals surface area contributed by atoms with Crippen LogP contribution in [0.25, 0.3) is 5.65 Å². The molecule has 1 atom stereocenters. The first-order valence-electron chi connectivity index (χ1n) is 7.18. The van der Waals surface area contributed by atoms with Crippen molar-refractivity contribution in [2.24, 2.45) is 0 Å². The van der Waals surface area contributed by atoms with Gasteiger partial charge in [-0.05, 0) is 18.6 Å². The van der Waals surface area contributed by atoms with Gasteiger partial charge in [-0.3, -0.25) is 14.0 Å². The van der Waals surface area contributed by atoms with E-state index in [2.05, 4.69) is 10.3 Å². The van der Waals surface area contributed by atoms with Gasteiger partial charge in [-0.25, -0.2) is 9.78 Å². The molecule has 0 aliphatic rings. The maximum absolute atomic E-state index is 12.5. The smallest absolute Gasteiger partial charge is 0.326 e. The van der Waals surface area contributed by atoms with E-state index in [-0.39, 0.29) is 5.69 Å². The fourth-order valence-corrected chi connectivity index (χ4v) is 2.34. The summed E-state index contributed by atoms with van der Waals surface area (Å²) in [6.45, 7) is 1.80. The van der Waals surface area contributed by atoms with Gasteiger partial charge in [0.05, 0.1) is 19.2 Å². The van der Waals surface area contributed by atoms with Gasteiger partial charge < -0.3 is 20.3 Å². The standard InChI is InChI=1S/C15H17N3O6/c1-3-8-12(14(21)17-9(15(22)23)7-11(19)20)18-6-4-5-10(24-2)13(18)16-8/h4-6,9H,3,7H2,1-2H3,(H,17,21)(H,19,20)(H,22,23). The summed E-state index contributed by atoms with van der Waals surface area (Å²) in [5, 5.41) is 20.1. The molecule has 9 heteroatoms. The van der Waals surface area contributed by atoms with E-state index in [1.54, 1.807) is 25.3 Å². The number of rotatable bonds is 7. The maximum Gasteiger partial charge on any atom is 0.326 e. The van der Waals surface area contributed by atoms with Crippen LogP contribution in [0.1, 0.15) is 29.5 Å². The zero-order valence-electron chi connectivity index (χ0n) is 13.1. The number of amides is 1. The van der Waals surface area contributed by atoms with Gasteiger partial charge in [-0.15, -0.1) is 0 Å². The van der Waals surface area contributed by atoms with Crippen LogP contribution in [0.2, 0.25) is 0 Å². The number of carboxylic acid groups (broad SMARTS) is 2. The van der Waals surface area contributed by atoms with Crippen LogP contribution in [-0.2, 0) is 16.0 Å². The van der Waals surface area contributed by atoms with Gasteiger partial charge in [-0.2, -0.15) is 0 Å². The number of nitrogens with zero attached hydrogens (tertiary/aromatic N) is 2. The molecule has 0 saturated carbocycles. The van der Waals surface area contributed by atoms with Crippen LogP contribution < -0.4 is 10.1 Å². The van der Waals surface area contributed by atoms with Crippen molar-refractivity contribution in [1.29, 1.82) is 0 Å². The number of hydrogen-bond acceptors (Lipinski definition) is 5. The van der Waals surface area contributed by atoms with Crippen molar-refractivity contribution in [2.45, 2.75) is 25.8 Å². The molecule has 0 radical (unpaired) electrons. The predicted molar refractivity (Wildman–Crippen MR) is 82.3 cm³/mol. The number of methoxy groups -OCH3 is 1. The monoisotopic (exact) mass is 335 g/mol. The molecular weight excluding hydrogens is 318 g/mol. The van der Waals surface area contributed by atoms with Gasteiger partial charge in [0.2, 0.25) is 0 Å². The summed E-state index contributed by atoms with van der Waals surface area (Å²) in [5.74, 6) is -2.98. The fourth-order valence-electron chi connectivity index (χ4n) is 2.34. The van der Waals surface area contributed by atoms with Crippen molar-refractivity contribution in [2.75, 3.05) is 7.11 Å². The number of aromatic nitrogens is 2. The summed E-state index contributed by atoms with van der Waals surface area (Å²) in [6.07, 6.45) is 1.32. The van der Waals surface area contributed by atoms with E-state index in [9.17, 15) is 14.4 Å². The highest BCUT2D eigenvalue weighted by Crippen LogP contribution is 2.22. The van der Waals surface area contributed by atoms with Gasteiger partial charge in [0, 0.05) is 6.20 Å². The maximum atomic E-state index is 12.5. The van der Waals surface area contributed by atoms with Crippen molar-refractivity contribution >= 4 is 23.5 Å². The summed E-state index contributed by atoms with van der Waals surface area (Å²) < 4.78 is 6.70. The van der Waals surface area contributed by atoms with Crippen LogP contribution in [0.15, 0.2) is 18.3 Å². The highest BCUT2D eigenvalue weighted by Gasteiger charge is 2.27. The molecule has 0 aromatic carbocycles. The predicted octanol–water partition coefficient (Wildman–Crippen LogP) is 0.563. The number of ether oxygens (including phenoxy) is 1. The molecule has 0 bridgehead atoms. The molecule has 1 amide bonds. The molecule has 0 saturated heterocycles. The topological polar surface area (TPSA) is 130 Å². The first-order valence-corrected chi connectivity index (χ1v) is 7.18. The number of imidazole rings is 1. The molecule has 128 valence electrons. The van der Waals surface area contributed by atoms with Crippen molar-refractivity contribution < 1.29 is 29.3 Å². The Hall–Kier alpha value is -3.10. The number of pyridine rings is 1. The second-order valence-corrected chi connectivity index (χ2v) is 4.99. The molecule has 2 aromatic rings. The van der Waals surface area contributed by atoms with E-state index in [0.717, 1.165) is 0 Å². The Bertz CT molecular complexity index is 798. The van der Waals surface area contributed by atoms with Crippen molar-refractivity contribution in [1.82, 2.24) is 14.7 Å². The lowest BCUT2D eigenvalue weighted by molar-refractivity contribution is -0.145. The van der Waals surface area contributed by atoms with E-state index in [4.69, 9.17) is 14.9 Å². The number of carbonyl (C=O) groups is 3. The molecule has 0 spiro atoms. The normalized spacial score (nSPS) is 11.9. The van der Waals surface area contributed by atoms with Crippen LogP contribution in [0.3, 0.4) is 0 Å². The zero-order chi connectivity index (χ0) is 17.9. The third-order valence-electron chi connectivity index (χ3n) is 3.44. The van der Waals surface area contributed by atoms with Crippen LogP contribution in [0.4, 0.5) is 0 Å². The summed E-state index contributed by atoms with van der Waals surface area (Å²) in [5.41, 5.74) is 1.03. The number of hydrogen-bond donors (Lipinski definition) is 3. The second kappa shape index (κ2) is 6.99. The Labute approximate surface area is 136 Å². The molecule has 9 nitrogen and oxygen atoms in total. The first-order chi connectivity index (χ1) is 11.4. The van der Waals surface area contributed by atoms with Gasteiger partial charge in [0.1, 0.15) is 11.7 Å². The molecule has 0 aliphatic heterocycles. The molecule has 2 heterocycles. The van der Waals surface area contributed by atoms with Gasteiger partial charge in [0.15, 0.2) is 11.4 Å². The summed E-state index contributed by atoms with van der Waals surface area (Å²) in [6, 6.07) is 1.82. The number of carboxylic acids is 2. The lowest BCUT2D eigenvalue weighted by Gasteiger charge is -2.13. The highest BCUT2D eigenvalue weighted by molar-refractivity contribution is 5.98. The SMILES string of the molecule is CCc1nc2c(OC)cccn2c1C(=O)NC(CC(=O)O)C(=O)O. The Morgan fingerprint density at radius 2 is 2.08 bits per heavy atom. The van der Waals surface area contributed by atoms with E-state index in [1.807, 2.05) is 0 Å². The minimum absolute atomic E-state index is 0.156. The first kappa shape index (κ1) is 17.3. The third kappa shape index (κ3) is 3.29. The molecule has 1 unspecified atom stereocenters. The quantitative estimate of drug-likeness (QED) is 0.674. The molecule has 3 N–H and O–H groups in total. The summed E-state index contributed by atoms with van der Waals surface area (Å²) in [7, 11) is 1.47. The van der Waals surface area contributed by atoms with E-state index < -0.39 is 30.3 Å². The largest absolute Gasteiger partial charge is 0.493 e. The average Bonchev–Trinajstić information content (AvgIpc) is 2.92. The van der Waals surface area contributed by atoms with Gasteiger partial charge in [-0.1, -0.05) is 6.92 Å². The molecule has 0 fully saturated rings. The number of nitrogens with one attached hydrogen (secondary N) is 1. The molecule has 0 aliphatic carbocycles. The van der Waals surface area contributed by atoms with Crippen LogP contribution in [-0.4, -0.2) is 50.6 Å². The summed E-state index contributed by atoms with van der Waals surface area (Å²) in [4.78, 5) is 38.8. The average molecular weight is 335 g/mol. The number of fused-ring (bicyclic) bond motifs is 1. The van der Waals surface area contributed by atoms with Crippen molar-refractivity contribution in [3.8, 4) is 5.75 Å². The van der Waals surface area contributed by atoms with E-state index in [0.29, 0.717) is 23.5 Å². The minimum Gasteiger partial charge on any atom is -0.493 e. The van der Waals surface area contributed by atoms with Gasteiger partial charge >= 0.3 is 11.9 Å². The second-order valence-electron chi connectivity index (χ2n) is 4.99. The number of carbonyl (C=O) groups excluding carboxylic acids is 1. The third-order valence-corrected chi connectivity index (χ3v) is 3.44. The molecular formula is C15H17N3O6. The summed E-state index contributed by atoms with van der Waals surface area (Å²) >= 11 is 0. The minimum atomic E-state index is -1.53. The number of aliphatic carboxylic acids is 2. The van der Waals surface area contributed by atoms with Crippen LogP contribution in [0.5, 0.6) is 5.75 Å². The molecule has 2 aromatic heterocycles. The Morgan fingerprint density at radius 3 is 2.62 bits per heavy atom. The van der Waals surface area contributed by atoms with Crippen molar-refractivity contribution in [3.63, 3.8) is 0 Å². The van der Waals surface area contributed by atoms with Crippen LogP contribution in [0, 0.1) is 0 Å². The Morgan fingerprint density at radius 1 is 1.38 bits per heavy atom. The van der Waals surface area contributed by atoms with E-state index in [1.165, 1.54) is 11.5 Å². The fraction of sp³-hybridized carbons (Fsp3) is 0.333. The zero-order valence-corrected chi connectivity index (χ0v) is 13.1. The lowest BCUT2D eigenvalue weighted by atomic mass is 10.2. The van der Waals surface area contributed by atoms with Gasteiger partial charge in [0.25, 0.3) is 5.91 Å². The Balaban J connectivity index is 2.45. The highest BCUT2D eigenvalue weighted by atomic mass is 16.5. The van der Waals surface area contributed by atoms with Crippen LogP contribution >= 0.6 is 0 Å². The lowest BCUT2D eigenvalue weighted by Crippen LogP contribution is -2.42. The molecule has 2 rings (SSSR count). The Kier molecular flexibility index (Phi) is 5.02. The molecule has 24 heavy (non-hydrogen) atoms. The number of aryl methyl sites for hydroxylation is 1. The van der Waals surface area contributed by atoms with Crippen molar-refractivity contribution in [3.05, 3.63) is 29.7 Å². The van der Waals surface area contributed by atoms with E-state index >= 15 is 0 Å².